The van der Waals surface area contributed by atoms with Crippen LogP contribution in [0.3, 0.4) is 0 Å². The van der Waals surface area contributed by atoms with E-state index in [-0.39, 0.29) is 0 Å². The van der Waals surface area contributed by atoms with Crippen molar-refractivity contribution in [3.63, 3.8) is 0 Å². The number of rotatable bonds is 4. The van der Waals surface area contributed by atoms with Crippen molar-refractivity contribution in [3.05, 3.63) is 35.9 Å². The molecule has 1 aromatic carbocycles. The lowest BCUT2D eigenvalue weighted by atomic mass is 9.70. The first-order valence-corrected chi connectivity index (χ1v) is 6.64. The lowest BCUT2D eigenvalue weighted by molar-refractivity contribution is 0.281. The molecule has 1 aliphatic rings. The van der Waals surface area contributed by atoms with Crippen LogP contribution in [0.1, 0.15) is 44.6 Å². The standard InChI is InChI=1S/C15H23N/c1-2-3-9-15(10-12-16-13-11-15)14-7-5-4-6-8-14/h4-8,16H,2-3,9-13H2,1H3. The van der Waals surface area contributed by atoms with E-state index in [1.165, 1.54) is 45.2 Å². The maximum Gasteiger partial charge on any atom is -0.00229 e. The van der Waals surface area contributed by atoms with Gasteiger partial charge in [0.15, 0.2) is 0 Å². The van der Waals surface area contributed by atoms with Crippen LogP contribution in [0, 0.1) is 0 Å². The van der Waals surface area contributed by atoms with Gasteiger partial charge in [-0.3, -0.25) is 0 Å². The predicted molar refractivity (Wildman–Crippen MR) is 69.7 cm³/mol. The highest BCUT2D eigenvalue weighted by molar-refractivity contribution is 5.26. The second kappa shape index (κ2) is 5.49. The molecule has 1 aliphatic heterocycles. The highest BCUT2D eigenvalue weighted by Gasteiger charge is 2.32. The molecule has 0 spiro atoms. The summed E-state index contributed by atoms with van der Waals surface area (Å²) in [6.07, 6.45) is 6.63. The summed E-state index contributed by atoms with van der Waals surface area (Å²) in [7, 11) is 0. The van der Waals surface area contributed by atoms with Crippen molar-refractivity contribution in [3.8, 4) is 0 Å². The number of nitrogens with one attached hydrogen (secondary N) is 1. The molecule has 2 rings (SSSR count). The average Bonchev–Trinajstić information content (AvgIpc) is 2.38. The van der Waals surface area contributed by atoms with Crippen LogP contribution in [0.15, 0.2) is 30.3 Å². The van der Waals surface area contributed by atoms with Gasteiger partial charge in [-0.25, -0.2) is 0 Å². The number of hydrogen-bond donors (Lipinski definition) is 1. The first kappa shape index (κ1) is 11.7. The molecule has 0 amide bonds. The molecule has 1 N–H and O–H groups in total. The van der Waals surface area contributed by atoms with Gasteiger partial charge in [0.2, 0.25) is 0 Å². The maximum absolute atomic E-state index is 3.49. The Morgan fingerprint density at radius 1 is 1.12 bits per heavy atom. The molecule has 0 unspecified atom stereocenters. The zero-order valence-corrected chi connectivity index (χ0v) is 10.3. The highest BCUT2D eigenvalue weighted by atomic mass is 14.9. The van der Waals surface area contributed by atoms with Gasteiger partial charge in [0.05, 0.1) is 0 Å². The smallest absolute Gasteiger partial charge is 0.00229 e. The third kappa shape index (κ3) is 2.46. The first-order chi connectivity index (χ1) is 7.87. The molecule has 0 atom stereocenters. The predicted octanol–water partition coefficient (Wildman–Crippen LogP) is 3.50. The van der Waals surface area contributed by atoms with Crippen molar-refractivity contribution in [2.75, 3.05) is 13.1 Å². The minimum atomic E-state index is 0.461. The molecule has 1 nitrogen and oxygen atoms in total. The van der Waals surface area contributed by atoms with E-state index in [1.54, 1.807) is 5.56 Å². The van der Waals surface area contributed by atoms with Gasteiger partial charge in [-0.15, -0.1) is 0 Å². The summed E-state index contributed by atoms with van der Waals surface area (Å²) in [5.41, 5.74) is 2.02. The van der Waals surface area contributed by atoms with Crippen molar-refractivity contribution in [1.82, 2.24) is 5.32 Å². The second-order valence-corrected chi connectivity index (χ2v) is 5.00. The number of unbranched alkanes of at least 4 members (excludes halogenated alkanes) is 1. The molecule has 1 heterocycles. The van der Waals surface area contributed by atoms with Gasteiger partial charge >= 0.3 is 0 Å². The molecule has 0 aromatic heterocycles. The van der Waals surface area contributed by atoms with Gasteiger partial charge in [-0.05, 0) is 43.3 Å². The van der Waals surface area contributed by atoms with E-state index in [1.807, 2.05) is 0 Å². The molecule has 0 saturated carbocycles. The largest absolute Gasteiger partial charge is 0.317 e. The molecule has 0 radical (unpaired) electrons. The summed E-state index contributed by atoms with van der Waals surface area (Å²) in [4.78, 5) is 0. The van der Waals surface area contributed by atoms with Crippen LogP contribution in [0.4, 0.5) is 0 Å². The van der Waals surface area contributed by atoms with E-state index in [4.69, 9.17) is 0 Å². The molecule has 88 valence electrons. The van der Waals surface area contributed by atoms with Crippen molar-refractivity contribution < 1.29 is 0 Å². The summed E-state index contributed by atoms with van der Waals surface area (Å²) in [6, 6.07) is 11.1. The Balaban J connectivity index is 2.19. The number of piperidine rings is 1. The maximum atomic E-state index is 3.49. The van der Waals surface area contributed by atoms with Crippen molar-refractivity contribution >= 4 is 0 Å². The zero-order valence-electron chi connectivity index (χ0n) is 10.3. The fraction of sp³-hybridized carbons (Fsp3) is 0.600. The molecular weight excluding hydrogens is 194 g/mol. The number of benzene rings is 1. The molecule has 0 aliphatic carbocycles. The van der Waals surface area contributed by atoms with Crippen LogP contribution >= 0.6 is 0 Å². The molecule has 0 bridgehead atoms. The Kier molecular flexibility index (Phi) is 4.00. The third-order valence-electron chi connectivity index (χ3n) is 3.96. The Morgan fingerprint density at radius 3 is 2.44 bits per heavy atom. The van der Waals surface area contributed by atoms with Gasteiger partial charge in [0.1, 0.15) is 0 Å². The monoisotopic (exact) mass is 217 g/mol. The molecule has 16 heavy (non-hydrogen) atoms. The van der Waals surface area contributed by atoms with Gasteiger partial charge < -0.3 is 5.32 Å². The van der Waals surface area contributed by atoms with E-state index in [9.17, 15) is 0 Å². The SMILES string of the molecule is CCCCC1(c2ccccc2)CCNCC1. The molecular formula is C15H23N. The van der Waals surface area contributed by atoms with E-state index < -0.39 is 0 Å². The molecule has 1 saturated heterocycles. The Hall–Kier alpha value is -0.820. The lowest BCUT2D eigenvalue weighted by Gasteiger charge is -2.38. The molecule has 1 aromatic rings. The third-order valence-corrected chi connectivity index (χ3v) is 3.96. The van der Waals surface area contributed by atoms with E-state index in [0.717, 1.165) is 0 Å². The summed E-state index contributed by atoms with van der Waals surface area (Å²) < 4.78 is 0. The van der Waals surface area contributed by atoms with Gasteiger partial charge in [-0.2, -0.15) is 0 Å². The number of hydrogen-bond acceptors (Lipinski definition) is 1. The van der Waals surface area contributed by atoms with Gasteiger partial charge in [0.25, 0.3) is 0 Å². The minimum absolute atomic E-state index is 0.461. The summed E-state index contributed by atoms with van der Waals surface area (Å²) in [6.45, 7) is 4.65. The normalized spacial score (nSPS) is 19.6. The second-order valence-electron chi connectivity index (χ2n) is 5.00. The Labute approximate surface area is 99.3 Å². The van der Waals surface area contributed by atoms with Crippen LogP contribution in [-0.4, -0.2) is 13.1 Å². The van der Waals surface area contributed by atoms with Crippen molar-refractivity contribution in [1.29, 1.82) is 0 Å². The average molecular weight is 217 g/mol. The van der Waals surface area contributed by atoms with Crippen LogP contribution in [0.5, 0.6) is 0 Å². The van der Waals surface area contributed by atoms with Crippen LogP contribution in [-0.2, 0) is 5.41 Å². The summed E-state index contributed by atoms with van der Waals surface area (Å²) in [5, 5.41) is 3.49. The van der Waals surface area contributed by atoms with Crippen molar-refractivity contribution in [2.24, 2.45) is 0 Å². The molecule has 1 fully saturated rings. The zero-order chi connectivity index (χ0) is 11.3. The quantitative estimate of drug-likeness (QED) is 0.814. The Morgan fingerprint density at radius 2 is 1.81 bits per heavy atom. The van der Waals surface area contributed by atoms with E-state index in [0.29, 0.717) is 5.41 Å². The van der Waals surface area contributed by atoms with Crippen LogP contribution < -0.4 is 5.32 Å². The van der Waals surface area contributed by atoms with Crippen LogP contribution in [0.2, 0.25) is 0 Å². The van der Waals surface area contributed by atoms with Crippen LogP contribution in [0.25, 0.3) is 0 Å². The van der Waals surface area contributed by atoms with Gasteiger partial charge in [-0.1, -0.05) is 50.1 Å². The summed E-state index contributed by atoms with van der Waals surface area (Å²) >= 11 is 0. The first-order valence-electron chi connectivity index (χ1n) is 6.64. The van der Waals surface area contributed by atoms with Crippen molar-refractivity contribution in [2.45, 2.75) is 44.4 Å². The Bertz CT molecular complexity index is 298. The van der Waals surface area contributed by atoms with E-state index in [2.05, 4.69) is 42.6 Å². The topological polar surface area (TPSA) is 12.0 Å². The van der Waals surface area contributed by atoms with E-state index >= 15 is 0 Å². The molecule has 1 heteroatoms. The van der Waals surface area contributed by atoms with Gasteiger partial charge in [0, 0.05) is 0 Å². The minimum Gasteiger partial charge on any atom is -0.317 e. The lowest BCUT2D eigenvalue weighted by Crippen LogP contribution is -2.39. The fourth-order valence-corrected chi connectivity index (χ4v) is 2.90. The summed E-state index contributed by atoms with van der Waals surface area (Å²) in [5.74, 6) is 0. The fourth-order valence-electron chi connectivity index (χ4n) is 2.90. The highest BCUT2D eigenvalue weighted by Crippen LogP contribution is 2.38.